The second kappa shape index (κ2) is 7.74. The second-order valence-corrected chi connectivity index (χ2v) is 10.4. The highest BCUT2D eigenvalue weighted by Gasteiger charge is 2.29. The minimum atomic E-state index is -3.48. The van der Waals surface area contributed by atoms with E-state index in [2.05, 4.69) is 5.32 Å². The average molecular weight is 427 g/mol. The number of thiophene rings is 1. The van der Waals surface area contributed by atoms with Crippen LogP contribution in [0.4, 0.5) is 5.69 Å². The Bertz CT molecular complexity index is 1170. The van der Waals surface area contributed by atoms with Crippen molar-refractivity contribution in [3.8, 4) is 0 Å². The van der Waals surface area contributed by atoms with Gasteiger partial charge in [0, 0.05) is 24.3 Å². The summed E-state index contributed by atoms with van der Waals surface area (Å²) >= 11 is 1.23. The highest BCUT2D eigenvalue weighted by Crippen LogP contribution is 2.29. The third kappa shape index (κ3) is 3.99. The van der Waals surface area contributed by atoms with E-state index in [0.29, 0.717) is 35.0 Å². The summed E-state index contributed by atoms with van der Waals surface area (Å²) in [5, 5.41) is 4.70. The molecule has 0 bridgehead atoms. The van der Waals surface area contributed by atoms with E-state index in [1.54, 1.807) is 17.5 Å². The molecular formula is C22H22N2O3S2. The van der Waals surface area contributed by atoms with Crippen molar-refractivity contribution >= 4 is 33.0 Å². The van der Waals surface area contributed by atoms with Gasteiger partial charge in [0.15, 0.2) is 0 Å². The van der Waals surface area contributed by atoms with Crippen molar-refractivity contribution in [2.75, 3.05) is 11.9 Å². The van der Waals surface area contributed by atoms with Crippen LogP contribution in [0.25, 0.3) is 0 Å². The second-order valence-electron chi connectivity index (χ2n) is 7.26. The first-order chi connectivity index (χ1) is 13.8. The number of rotatable bonds is 4. The summed E-state index contributed by atoms with van der Waals surface area (Å²) in [7, 11) is -3.48. The number of nitrogens with zero attached hydrogens (tertiary/aromatic N) is 1. The molecule has 1 N–H and O–H groups in total. The molecule has 0 spiro atoms. The van der Waals surface area contributed by atoms with E-state index in [-0.39, 0.29) is 5.91 Å². The van der Waals surface area contributed by atoms with Crippen LogP contribution in [-0.4, -0.2) is 25.2 Å². The van der Waals surface area contributed by atoms with Crippen molar-refractivity contribution in [1.82, 2.24) is 4.31 Å². The maximum atomic E-state index is 12.8. The van der Waals surface area contributed by atoms with Crippen molar-refractivity contribution in [1.29, 1.82) is 0 Å². The van der Waals surface area contributed by atoms with Crippen molar-refractivity contribution < 1.29 is 13.2 Å². The molecule has 1 amide bonds. The van der Waals surface area contributed by atoms with Gasteiger partial charge in [-0.15, -0.1) is 11.3 Å². The van der Waals surface area contributed by atoms with Crippen LogP contribution in [0.15, 0.2) is 58.1 Å². The summed E-state index contributed by atoms with van der Waals surface area (Å²) in [5.41, 5.74) is 5.52. The Morgan fingerprint density at radius 1 is 1.03 bits per heavy atom. The van der Waals surface area contributed by atoms with Crippen LogP contribution in [0.2, 0.25) is 0 Å². The fraction of sp³-hybridized carbons (Fsp3) is 0.227. The lowest BCUT2D eigenvalue weighted by atomic mass is 10.0. The first kappa shape index (κ1) is 19.8. The standard InChI is InChI=1S/C22H22N2O3S2/c1-15-5-6-18(12-16(15)2)22(25)23-20-8-7-17-9-10-24(14-19(17)13-20)29(26,27)21-4-3-11-28-21/h3-8,11-13H,9-10,14H2,1-2H3,(H,23,25). The largest absolute Gasteiger partial charge is 0.322 e. The van der Waals surface area contributed by atoms with Crippen LogP contribution in [0.3, 0.4) is 0 Å². The Labute approximate surface area is 175 Å². The number of carbonyl (C=O) groups is 1. The lowest BCUT2D eigenvalue weighted by Crippen LogP contribution is -2.35. The topological polar surface area (TPSA) is 66.5 Å². The van der Waals surface area contributed by atoms with Crippen molar-refractivity contribution in [3.63, 3.8) is 0 Å². The quantitative estimate of drug-likeness (QED) is 0.674. The highest BCUT2D eigenvalue weighted by atomic mass is 32.2. The number of amides is 1. The van der Waals surface area contributed by atoms with Crippen LogP contribution in [0, 0.1) is 13.8 Å². The van der Waals surface area contributed by atoms with E-state index >= 15 is 0 Å². The average Bonchev–Trinajstić information content (AvgIpc) is 3.25. The Kier molecular flexibility index (Phi) is 5.29. The van der Waals surface area contributed by atoms with Crippen LogP contribution in [-0.2, 0) is 23.0 Å². The summed E-state index contributed by atoms with van der Waals surface area (Å²) in [6, 6.07) is 14.7. The number of anilines is 1. The molecule has 0 aliphatic carbocycles. The van der Waals surface area contributed by atoms with Gasteiger partial charge in [-0.1, -0.05) is 18.2 Å². The zero-order valence-corrected chi connectivity index (χ0v) is 17.9. The van der Waals surface area contributed by atoms with Crippen molar-refractivity contribution in [2.24, 2.45) is 0 Å². The van der Waals surface area contributed by atoms with E-state index < -0.39 is 10.0 Å². The van der Waals surface area contributed by atoms with E-state index in [0.717, 1.165) is 22.3 Å². The molecular weight excluding hydrogens is 404 g/mol. The normalized spacial score (nSPS) is 14.4. The van der Waals surface area contributed by atoms with Crippen LogP contribution in [0.1, 0.15) is 32.6 Å². The summed E-state index contributed by atoms with van der Waals surface area (Å²) in [4.78, 5) is 12.6. The van der Waals surface area contributed by atoms with E-state index in [9.17, 15) is 13.2 Å². The van der Waals surface area contributed by atoms with Gasteiger partial charge >= 0.3 is 0 Å². The van der Waals surface area contributed by atoms with Crippen LogP contribution in [0.5, 0.6) is 0 Å². The Balaban J connectivity index is 1.54. The molecule has 7 heteroatoms. The van der Waals surface area contributed by atoms with Gasteiger partial charge in [-0.2, -0.15) is 4.31 Å². The van der Waals surface area contributed by atoms with Gasteiger partial charge < -0.3 is 5.32 Å². The lowest BCUT2D eigenvalue weighted by molar-refractivity contribution is 0.102. The van der Waals surface area contributed by atoms with Crippen molar-refractivity contribution in [3.05, 3.63) is 81.7 Å². The molecule has 0 saturated heterocycles. The van der Waals surface area contributed by atoms with Gasteiger partial charge in [0.05, 0.1) is 0 Å². The minimum absolute atomic E-state index is 0.174. The first-order valence-electron chi connectivity index (χ1n) is 9.38. The molecule has 1 aliphatic heterocycles. The molecule has 0 unspecified atom stereocenters. The molecule has 2 heterocycles. The zero-order valence-electron chi connectivity index (χ0n) is 16.3. The number of aryl methyl sites for hydroxylation is 2. The summed E-state index contributed by atoms with van der Waals surface area (Å²) in [5.74, 6) is -0.174. The Hall–Kier alpha value is -2.48. The number of carbonyl (C=O) groups excluding carboxylic acids is 1. The molecule has 0 atom stereocenters. The number of hydrogen-bond acceptors (Lipinski definition) is 4. The number of hydrogen-bond donors (Lipinski definition) is 1. The Morgan fingerprint density at radius 2 is 1.86 bits per heavy atom. The Morgan fingerprint density at radius 3 is 2.59 bits per heavy atom. The molecule has 29 heavy (non-hydrogen) atoms. The molecule has 0 saturated carbocycles. The smallest absolute Gasteiger partial charge is 0.255 e. The number of nitrogens with one attached hydrogen (secondary N) is 1. The van der Waals surface area contributed by atoms with Gasteiger partial charge in [-0.05, 0) is 78.2 Å². The van der Waals surface area contributed by atoms with Gasteiger partial charge in [0.2, 0.25) is 0 Å². The van der Waals surface area contributed by atoms with Crippen LogP contribution < -0.4 is 5.32 Å². The zero-order chi connectivity index (χ0) is 20.6. The van der Waals surface area contributed by atoms with Gasteiger partial charge in [-0.25, -0.2) is 8.42 Å². The molecule has 150 valence electrons. The molecule has 0 fully saturated rings. The molecule has 2 aromatic carbocycles. The van der Waals surface area contributed by atoms with E-state index in [4.69, 9.17) is 0 Å². The van der Waals surface area contributed by atoms with Gasteiger partial charge in [0.1, 0.15) is 4.21 Å². The van der Waals surface area contributed by atoms with E-state index in [1.807, 2.05) is 50.2 Å². The summed E-state index contributed by atoms with van der Waals surface area (Å²) in [6.45, 7) is 4.76. The summed E-state index contributed by atoms with van der Waals surface area (Å²) < 4.78 is 27.5. The number of sulfonamides is 1. The maximum absolute atomic E-state index is 12.8. The first-order valence-corrected chi connectivity index (χ1v) is 11.7. The predicted octanol–water partition coefficient (Wildman–Crippen LogP) is 4.36. The van der Waals surface area contributed by atoms with Gasteiger partial charge in [-0.3, -0.25) is 4.79 Å². The number of fused-ring (bicyclic) bond motifs is 1. The fourth-order valence-electron chi connectivity index (χ4n) is 3.44. The minimum Gasteiger partial charge on any atom is -0.322 e. The number of benzene rings is 2. The molecule has 1 aromatic heterocycles. The molecule has 5 nitrogen and oxygen atoms in total. The van der Waals surface area contributed by atoms with Crippen LogP contribution >= 0.6 is 11.3 Å². The van der Waals surface area contributed by atoms with Gasteiger partial charge in [0.25, 0.3) is 15.9 Å². The molecule has 3 aromatic rings. The molecule has 0 radical (unpaired) electrons. The molecule has 4 rings (SSSR count). The molecule has 1 aliphatic rings. The third-order valence-electron chi connectivity index (χ3n) is 5.30. The predicted molar refractivity (Wildman–Crippen MR) is 116 cm³/mol. The van der Waals surface area contributed by atoms with E-state index in [1.165, 1.54) is 15.6 Å². The lowest BCUT2D eigenvalue weighted by Gasteiger charge is -2.28. The SMILES string of the molecule is Cc1ccc(C(=O)Nc2ccc3c(c2)CN(S(=O)(=O)c2cccs2)CC3)cc1C. The summed E-state index contributed by atoms with van der Waals surface area (Å²) in [6.07, 6.45) is 0.658. The fourth-order valence-corrected chi connectivity index (χ4v) is 6.00. The monoisotopic (exact) mass is 426 g/mol. The third-order valence-corrected chi connectivity index (χ3v) is 8.52. The van der Waals surface area contributed by atoms with Crippen molar-refractivity contribution in [2.45, 2.75) is 31.0 Å². The maximum Gasteiger partial charge on any atom is 0.255 e. The highest BCUT2D eigenvalue weighted by molar-refractivity contribution is 7.91.